The van der Waals surface area contributed by atoms with Crippen molar-refractivity contribution in [2.75, 3.05) is 30.0 Å². The lowest BCUT2D eigenvalue weighted by Gasteiger charge is -2.30. The highest BCUT2D eigenvalue weighted by atomic mass is 16.5. The molecule has 34 heavy (non-hydrogen) atoms. The number of aryl methyl sites for hydroxylation is 1. The molecular weight excluding hydrogens is 436 g/mol. The molecule has 1 unspecified atom stereocenters. The van der Waals surface area contributed by atoms with Crippen molar-refractivity contribution in [2.24, 2.45) is 4.99 Å². The predicted octanol–water partition coefficient (Wildman–Crippen LogP) is 3.32. The maximum Gasteiger partial charge on any atom is 0.324 e. The summed E-state index contributed by atoms with van der Waals surface area (Å²) in [6, 6.07) is 2.45. The number of aromatic nitrogens is 5. The van der Waals surface area contributed by atoms with Crippen LogP contribution in [-0.4, -0.2) is 63.1 Å². The smallest absolute Gasteiger partial charge is 0.324 e. The van der Waals surface area contributed by atoms with Crippen molar-refractivity contribution < 1.29 is 14.0 Å². The number of piperidine rings is 1. The van der Waals surface area contributed by atoms with Gasteiger partial charge < -0.3 is 23.8 Å². The molecule has 0 radical (unpaired) electrons. The van der Waals surface area contributed by atoms with Gasteiger partial charge in [-0.25, -0.2) is 9.98 Å². The second kappa shape index (κ2) is 8.96. The first-order chi connectivity index (χ1) is 16.4. The lowest BCUT2D eigenvalue weighted by molar-refractivity contribution is 0.157. The fraction of sp³-hybridized carbons (Fsp3) is 0.522. The number of hydrogen-bond donors (Lipinski definition) is 0. The standard InChI is InChI=1S/C23H30N8O3/c1-14(2)21-26-23(34-28-21)29-11-7-17(8-12-29)33-19-6-10-24-22-20(15(3)27-31(19)22)30-13-9-18(32-5)25-16(30)4/h6,9-10,13-14,16-17H,7-8,11-12H2,1-5H3. The first kappa shape index (κ1) is 22.2. The summed E-state index contributed by atoms with van der Waals surface area (Å²) in [7, 11) is 1.62. The van der Waals surface area contributed by atoms with Crippen molar-refractivity contribution in [1.29, 1.82) is 0 Å². The quantitative estimate of drug-likeness (QED) is 0.560. The van der Waals surface area contributed by atoms with Crippen LogP contribution in [0, 0.1) is 6.92 Å². The molecule has 0 spiro atoms. The van der Waals surface area contributed by atoms with Crippen molar-refractivity contribution in [3.63, 3.8) is 0 Å². The highest BCUT2D eigenvalue weighted by molar-refractivity contribution is 5.90. The van der Waals surface area contributed by atoms with Crippen LogP contribution in [0.1, 0.15) is 51.0 Å². The van der Waals surface area contributed by atoms with Crippen LogP contribution in [0.3, 0.4) is 0 Å². The van der Waals surface area contributed by atoms with Gasteiger partial charge in [-0.3, -0.25) is 0 Å². The van der Waals surface area contributed by atoms with Crippen molar-refractivity contribution in [3.05, 3.63) is 36.1 Å². The van der Waals surface area contributed by atoms with E-state index in [1.165, 1.54) is 0 Å². The van der Waals surface area contributed by atoms with Crippen LogP contribution in [-0.2, 0) is 4.74 Å². The number of aliphatic imine (C=N–C) groups is 1. The molecule has 1 saturated heterocycles. The van der Waals surface area contributed by atoms with Crippen LogP contribution < -0.4 is 14.5 Å². The minimum Gasteiger partial charge on any atom is -0.481 e. The van der Waals surface area contributed by atoms with Gasteiger partial charge in [-0.05, 0) is 13.8 Å². The van der Waals surface area contributed by atoms with E-state index in [0.717, 1.165) is 48.8 Å². The fourth-order valence-corrected chi connectivity index (χ4v) is 4.28. The van der Waals surface area contributed by atoms with Crippen LogP contribution in [0.25, 0.3) is 5.65 Å². The molecule has 1 fully saturated rings. The Morgan fingerprint density at radius 1 is 1.21 bits per heavy atom. The predicted molar refractivity (Wildman–Crippen MR) is 127 cm³/mol. The summed E-state index contributed by atoms with van der Waals surface area (Å²) in [5.74, 6) is 2.25. The lowest BCUT2D eigenvalue weighted by atomic mass is 10.1. The zero-order valence-corrected chi connectivity index (χ0v) is 20.2. The molecule has 5 rings (SSSR count). The zero-order chi connectivity index (χ0) is 23.8. The molecule has 0 saturated carbocycles. The van der Waals surface area contributed by atoms with Gasteiger partial charge in [-0.15, -0.1) is 0 Å². The molecule has 2 aliphatic heterocycles. The molecule has 11 nitrogen and oxygen atoms in total. The molecule has 11 heteroatoms. The Morgan fingerprint density at radius 2 is 2.00 bits per heavy atom. The van der Waals surface area contributed by atoms with E-state index in [-0.39, 0.29) is 18.2 Å². The van der Waals surface area contributed by atoms with Crippen LogP contribution >= 0.6 is 0 Å². The Kier molecular flexibility index (Phi) is 5.84. The fourth-order valence-electron chi connectivity index (χ4n) is 4.28. The Bertz CT molecular complexity index is 1220. The lowest BCUT2D eigenvalue weighted by Crippen LogP contribution is -2.38. The molecule has 5 heterocycles. The van der Waals surface area contributed by atoms with Crippen molar-refractivity contribution in [1.82, 2.24) is 24.7 Å². The molecule has 180 valence electrons. The Labute approximate surface area is 198 Å². The monoisotopic (exact) mass is 466 g/mol. The third-order valence-electron chi connectivity index (χ3n) is 6.14. The van der Waals surface area contributed by atoms with Gasteiger partial charge in [0.2, 0.25) is 11.8 Å². The van der Waals surface area contributed by atoms with E-state index in [4.69, 9.17) is 19.1 Å². The minimum absolute atomic E-state index is 0.0602. The third kappa shape index (κ3) is 4.06. The highest BCUT2D eigenvalue weighted by Gasteiger charge is 2.27. The Hall–Kier alpha value is -3.63. The van der Waals surface area contributed by atoms with Crippen molar-refractivity contribution >= 4 is 23.2 Å². The summed E-state index contributed by atoms with van der Waals surface area (Å²) >= 11 is 0. The summed E-state index contributed by atoms with van der Waals surface area (Å²) < 4.78 is 18.9. The average Bonchev–Trinajstić information content (AvgIpc) is 3.45. The van der Waals surface area contributed by atoms with Crippen molar-refractivity contribution in [3.8, 4) is 5.88 Å². The number of hydrogen-bond acceptors (Lipinski definition) is 10. The van der Waals surface area contributed by atoms with Gasteiger partial charge in [0.1, 0.15) is 18.0 Å². The maximum absolute atomic E-state index is 6.40. The summed E-state index contributed by atoms with van der Waals surface area (Å²) in [5.41, 5.74) is 2.48. The largest absolute Gasteiger partial charge is 0.481 e. The molecule has 0 bridgehead atoms. The van der Waals surface area contributed by atoms with Gasteiger partial charge in [0.05, 0.1) is 12.8 Å². The summed E-state index contributed by atoms with van der Waals surface area (Å²) in [4.78, 5) is 17.8. The zero-order valence-electron chi connectivity index (χ0n) is 20.2. The van der Waals surface area contributed by atoms with E-state index >= 15 is 0 Å². The topological polar surface area (TPSA) is 106 Å². The van der Waals surface area contributed by atoms with Gasteiger partial charge >= 0.3 is 6.01 Å². The molecule has 3 aromatic heterocycles. The molecule has 0 amide bonds. The van der Waals surface area contributed by atoms with Gasteiger partial charge in [-0.1, -0.05) is 19.0 Å². The van der Waals surface area contributed by atoms with Gasteiger partial charge in [-0.2, -0.15) is 14.6 Å². The van der Waals surface area contributed by atoms with Crippen molar-refractivity contribution in [2.45, 2.75) is 58.7 Å². The number of ether oxygens (including phenoxy) is 2. The molecule has 2 aliphatic rings. The van der Waals surface area contributed by atoms with E-state index < -0.39 is 0 Å². The normalized spacial score (nSPS) is 19.2. The first-order valence-corrected chi connectivity index (χ1v) is 11.6. The van der Waals surface area contributed by atoms with E-state index in [9.17, 15) is 0 Å². The third-order valence-corrected chi connectivity index (χ3v) is 6.14. The second-order valence-corrected chi connectivity index (χ2v) is 8.87. The Balaban J connectivity index is 1.31. The molecule has 0 aliphatic carbocycles. The number of methoxy groups -OCH3 is 1. The Morgan fingerprint density at radius 3 is 2.68 bits per heavy atom. The number of rotatable bonds is 5. The van der Waals surface area contributed by atoms with Crippen LogP contribution in [0.15, 0.2) is 34.1 Å². The van der Waals surface area contributed by atoms with Crippen LogP contribution in [0.4, 0.5) is 11.7 Å². The highest BCUT2D eigenvalue weighted by Crippen LogP contribution is 2.31. The second-order valence-electron chi connectivity index (χ2n) is 8.87. The minimum atomic E-state index is -0.136. The van der Waals surface area contributed by atoms with Gasteiger partial charge in [0.25, 0.3) is 0 Å². The van der Waals surface area contributed by atoms with Gasteiger partial charge in [0, 0.05) is 56.4 Å². The summed E-state index contributed by atoms with van der Waals surface area (Å²) in [5, 5.41) is 8.81. The summed E-state index contributed by atoms with van der Waals surface area (Å²) in [6.45, 7) is 9.67. The average molecular weight is 467 g/mol. The molecule has 1 atom stereocenters. The molecule has 3 aromatic rings. The van der Waals surface area contributed by atoms with E-state index in [0.29, 0.717) is 17.8 Å². The van der Waals surface area contributed by atoms with E-state index in [1.807, 2.05) is 37.1 Å². The van der Waals surface area contributed by atoms with Crippen LogP contribution in [0.5, 0.6) is 5.88 Å². The summed E-state index contributed by atoms with van der Waals surface area (Å²) in [6.07, 6.45) is 7.16. The van der Waals surface area contributed by atoms with Crippen LogP contribution in [0.2, 0.25) is 0 Å². The number of nitrogens with zero attached hydrogens (tertiary/aromatic N) is 8. The molecular formula is C23H30N8O3. The molecule has 0 aromatic carbocycles. The van der Waals surface area contributed by atoms with Gasteiger partial charge in [0.15, 0.2) is 11.5 Å². The maximum atomic E-state index is 6.40. The SMILES string of the molecule is COC1=NC(C)N(c2c(C)nn3c(OC4CCN(c5nc(C(C)C)no5)CC4)ccnc23)C=C1. The van der Waals surface area contributed by atoms with E-state index in [1.54, 1.807) is 17.8 Å². The number of anilines is 2. The first-order valence-electron chi connectivity index (χ1n) is 11.6. The number of fused-ring (bicyclic) bond motifs is 1. The molecule has 0 N–H and O–H groups in total. The van der Waals surface area contributed by atoms with E-state index in [2.05, 4.69) is 38.9 Å².